The van der Waals surface area contributed by atoms with E-state index < -0.39 is 0 Å². The van der Waals surface area contributed by atoms with Crippen molar-refractivity contribution in [1.29, 1.82) is 5.26 Å². The number of nitriles is 1. The van der Waals surface area contributed by atoms with E-state index in [4.69, 9.17) is 11.1 Å². The van der Waals surface area contributed by atoms with Crippen LogP contribution in [0.25, 0.3) is 11.0 Å². The predicted molar refractivity (Wildman–Crippen MR) is 59.4 cm³/mol. The molecule has 0 aromatic carbocycles. The Bertz CT molecular complexity index is 678. The van der Waals surface area contributed by atoms with Crippen molar-refractivity contribution >= 4 is 11.0 Å². The Labute approximate surface area is 95.8 Å². The molecule has 17 heavy (non-hydrogen) atoms. The van der Waals surface area contributed by atoms with Crippen LogP contribution in [0.5, 0.6) is 0 Å². The zero-order valence-electron chi connectivity index (χ0n) is 8.92. The van der Waals surface area contributed by atoms with Crippen LogP contribution >= 0.6 is 0 Å². The van der Waals surface area contributed by atoms with E-state index in [2.05, 4.69) is 21.1 Å². The molecule has 1 saturated carbocycles. The van der Waals surface area contributed by atoms with E-state index in [0.717, 1.165) is 17.6 Å². The van der Waals surface area contributed by atoms with Gasteiger partial charge in [-0.1, -0.05) is 0 Å². The minimum Gasteiger partial charge on any atom is -0.321 e. The van der Waals surface area contributed by atoms with E-state index in [-0.39, 0.29) is 17.4 Å². The molecule has 0 radical (unpaired) electrons. The number of nitrogens with zero attached hydrogens (tertiary/aromatic N) is 4. The van der Waals surface area contributed by atoms with E-state index >= 15 is 0 Å². The van der Waals surface area contributed by atoms with Crippen molar-refractivity contribution in [1.82, 2.24) is 19.9 Å². The second-order valence-corrected chi connectivity index (χ2v) is 4.20. The van der Waals surface area contributed by atoms with Crippen LogP contribution < -0.4 is 11.4 Å². The third-order valence-corrected chi connectivity index (χ3v) is 3.27. The molecule has 0 amide bonds. The summed E-state index contributed by atoms with van der Waals surface area (Å²) in [5.41, 5.74) is 0.0950. The lowest BCUT2D eigenvalue weighted by Gasteiger charge is -2.30. The largest absolute Gasteiger partial charge is 0.321 e. The van der Waals surface area contributed by atoms with Crippen LogP contribution in [0.3, 0.4) is 0 Å². The van der Waals surface area contributed by atoms with E-state index in [1.807, 2.05) is 0 Å². The van der Waals surface area contributed by atoms with Crippen LogP contribution in [0.2, 0.25) is 0 Å². The highest BCUT2D eigenvalue weighted by molar-refractivity contribution is 5.73. The Morgan fingerprint density at radius 3 is 3.06 bits per heavy atom. The molecule has 0 bridgehead atoms. The molecule has 1 aliphatic carbocycles. The summed E-state index contributed by atoms with van der Waals surface area (Å²) in [5.74, 6) is 6.04. The van der Waals surface area contributed by atoms with Gasteiger partial charge < -0.3 is 10.8 Å². The van der Waals surface area contributed by atoms with Crippen LogP contribution in [0.1, 0.15) is 24.6 Å². The third kappa shape index (κ3) is 1.30. The Hall–Kier alpha value is -2.36. The Kier molecular flexibility index (Phi) is 1.92. The minimum absolute atomic E-state index is 0.00648. The SMILES string of the molecule is N#CC1CCC1c1nc2c(cnn2N)c(=O)[nH]1. The second-order valence-electron chi connectivity index (χ2n) is 4.20. The number of aromatic nitrogens is 4. The molecule has 1 fully saturated rings. The first-order chi connectivity index (χ1) is 8.20. The minimum atomic E-state index is -0.259. The summed E-state index contributed by atoms with van der Waals surface area (Å²) in [4.78, 5) is 19.8. The van der Waals surface area contributed by atoms with Gasteiger partial charge in [-0.05, 0) is 12.8 Å². The van der Waals surface area contributed by atoms with Crippen LogP contribution in [0.15, 0.2) is 11.0 Å². The van der Waals surface area contributed by atoms with Gasteiger partial charge in [0, 0.05) is 5.92 Å². The Morgan fingerprint density at radius 1 is 1.59 bits per heavy atom. The average Bonchev–Trinajstić information content (AvgIpc) is 2.60. The van der Waals surface area contributed by atoms with Gasteiger partial charge in [-0.3, -0.25) is 4.79 Å². The number of fused-ring (bicyclic) bond motifs is 1. The van der Waals surface area contributed by atoms with Crippen molar-refractivity contribution in [3.05, 3.63) is 22.4 Å². The zero-order chi connectivity index (χ0) is 12.0. The summed E-state index contributed by atoms with van der Waals surface area (Å²) < 4.78 is 0. The molecule has 3 rings (SSSR count). The molecular weight excluding hydrogens is 220 g/mol. The lowest BCUT2D eigenvalue weighted by atomic mass is 9.74. The average molecular weight is 230 g/mol. The summed E-state index contributed by atoms with van der Waals surface area (Å²) in [5, 5.41) is 13.1. The smallest absolute Gasteiger partial charge is 0.262 e. The molecule has 0 aliphatic heterocycles. The van der Waals surface area contributed by atoms with Gasteiger partial charge in [0.2, 0.25) is 0 Å². The first kappa shape index (κ1) is 9.84. The molecule has 2 aromatic rings. The fourth-order valence-electron chi connectivity index (χ4n) is 2.11. The van der Waals surface area contributed by atoms with Crippen LogP contribution in [-0.2, 0) is 0 Å². The first-order valence-corrected chi connectivity index (χ1v) is 5.33. The molecule has 86 valence electrons. The van der Waals surface area contributed by atoms with Gasteiger partial charge >= 0.3 is 0 Å². The predicted octanol–water partition coefficient (Wildman–Crippen LogP) is -0.149. The maximum atomic E-state index is 11.8. The second kappa shape index (κ2) is 3.31. The Morgan fingerprint density at radius 2 is 2.41 bits per heavy atom. The summed E-state index contributed by atoms with van der Waals surface area (Å²) >= 11 is 0. The monoisotopic (exact) mass is 230 g/mol. The maximum absolute atomic E-state index is 11.8. The van der Waals surface area contributed by atoms with Crippen LogP contribution in [-0.4, -0.2) is 19.9 Å². The molecule has 3 N–H and O–H groups in total. The highest BCUT2D eigenvalue weighted by atomic mass is 16.1. The van der Waals surface area contributed by atoms with Crippen molar-refractivity contribution in [2.24, 2.45) is 5.92 Å². The molecule has 2 heterocycles. The molecule has 2 unspecified atom stereocenters. The number of hydrogen-bond donors (Lipinski definition) is 2. The number of nitrogens with two attached hydrogens (primary N) is 1. The molecular formula is C10H10N6O. The van der Waals surface area contributed by atoms with E-state index in [1.54, 1.807) is 0 Å². The lowest BCUT2D eigenvalue weighted by molar-refractivity contribution is 0.311. The van der Waals surface area contributed by atoms with E-state index in [9.17, 15) is 4.79 Å². The van der Waals surface area contributed by atoms with Gasteiger partial charge in [-0.15, -0.1) is 0 Å². The van der Waals surface area contributed by atoms with E-state index in [0.29, 0.717) is 16.9 Å². The van der Waals surface area contributed by atoms with Crippen molar-refractivity contribution in [3.8, 4) is 6.07 Å². The van der Waals surface area contributed by atoms with Gasteiger partial charge in [-0.2, -0.15) is 15.2 Å². The fourth-order valence-corrected chi connectivity index (χ4v) is 2.11. The van der Waals surface area contributed by atoms with Gasteiger partial charge in [0.05, 0.1) is 18.2 Å². The van der Waals surface area contributed by atoms with Crippen molar-refractivity contribution in [2.75, 3.05) is 5.84 Å². The van der Waals surface area contributed by atoms with Crippen molar-refractivity contribution in [3.63, 3.8) is 0 Å². The summed E-state index contributed by atoms with van der Waals surface area (Å²) in [6.07, 6.45) is 3.10. The van der Waals surface area contributed by atoms with Gasteiger partial charge in [0.1, 0.15) is 11.2 Å². The van der Waals surface area contributed by atoms with Crippen LogP contribution in [0, 0.1) is 17.2 Å². The number of nitrogens with one attached hydrogen (secondary N) is 1. The molecule has 2 atom stereocenters. The number of H-pyrrole nitrogens is 1. The molecule has 7 heteroatoms. The molecule has 2 aromatic heterocycles. The quantitative estimate of drug-likeness (QED) is 0.661. The van der Waals surface area contributed by atoms with Crippen molar-refractivity contribution < 1.29 is 0 Å². The topological polar surface area (TPSA) is 113 Å². The van der Waals surface area contributed by atoms with Crippen molar-refractivity contribution in [2.45, 2.75) is 18.8 Å². The molecule has 1 aliphatic rings. The van der Waals surface area contributed by atoms with Crippen LogP contribution in [0.4, 0.5) is 0 Å². The van der Waals surface area contributed by atoms with E-state index in [1.165, 1.54) is 6.20 Å². The molecule has 0 saturated heterocycles. The molecule has 0 spiro atoms. The van der Waals surface area contributed by atoms with Gasteiger partial charge in [0.25, 0.3) is 5.56 Å². The first-order valence-electron chi connectivity index (χ1n) is 5.33. The van der Waals surface area contributed by atoms with Gasteiger partial charge in [0.15, 0.2) is 5.65 Å². The Balaban J connectivity index is 2.16. The number of aromatic amines is 1. The molecule has 7 nitrogen and oxygen atoms in total. The fraction of sp³-hybridized carbons (Fsp3) is 0.400. The summed E-state index contributed by atoms with van der Waals surface area (Å²) in [6, 6.07) is 2.21. The number of hydrogen-bond acceptors (Lipinski definition) is 5. The van der Waals surface area contributed by atoms with Gasteiger partial charge in [-0.25, -0.2) is 4.98 Å². The highest BCUT2D eigenvalue weighted by Gasteiger charge is 2.34. The third-order valence-electron chi connectivity index (χ3n) is 3.27. The normalized spacial score (nSPS) is 23.2. The standard InChI is InChI=1S/C10H10N6O/c11-3-5-1-2-6(5)8-14-9-7(10(17)15-8)4-13-16(9)12/h4-6H,1-2,12H2,(H,14,15,17). The zero-order valence-corrected chi connectivity index (χ0v) is 8.92. The lowest BCUT2D eigenvalue weighted by Crippen LogP contribution is -2.27. The highest BCUT2D eigenvalue weighted by Crippen LogP contribution is 2.40. The number of nitrogen functional groups attached to an aromatic ring is 1. The number of rotatable bonds is 1. The maximum Gasteiger partial charge on any atom is 0.262 e. The summed E-state index contributed by atoms with van der Waals surface area (Å²) in [6.45, 7) is 0. The summed E-state index contributed by atoms with van der Waals surface area (Å²) in [7, 11) is 0.